The van der Waals surface area contributed by atoms with Crippen LogP contribution in [-0.4, -0.2) is 19.9 Å². The fourth-order valence-corrected chi connectivity index (χ4v) is 5.06. The van der Waals surface area contributed by atoms with E-state index in [1.54, 1.807) is 35.6 Å². The molecule has 0 amide bonds. The number of hydrogen-bond acceptors (Lipinski definition) is 4. The molecule has 4 nitrogen and oxygen atoms in total. The molecule has 0 unspecified atom stereocenters. The van der Waals surface area contributed by atoms with Gasteiger partial charge in [-0.05, 0) is 40.2 Å². The van der Waals surface area contributed by atoms with Gasteiger partial charge in [0.05, 0.1) is 20.1 Å². The molecule has 0 fully saturated rings. The molecule has 1 heterocycles. The molecule has 22 heavy (non-hydrogen) atoms. The first-order valence-electron chi connectivity index (χ1n) is 6.65. The summed E-state index contributed by atoms with van der Waals surface area (Å²) >= 11 is 4.85. The van der Waals surface area contributed by atoms with Gasteiger partial charge in [0.25, 0.3) is 0 Å². The number of hydrogen-bond donors (Lipinski definition) is 1. The van der Waals surface area contributed by atoms with Crippen LogP contribution in [0.1, 0.15) is 5.01 Å². The minimum Gasteiger partial charge on any atom is -0.241 e. The lowest BCUT2D eigenvalue weighted by Gasteiger charge is -2.07. The molecule has 2 aromatic carbocycles. The minimum absolute atomic E-state index is 0.249. The number of rotatable bonds is 5. The molecule has 0 bridgehead atoms. The molecule has 1 N–H and O–H groups in total. The molecule has 1 aromatic heterocycles. The zero-order valence-corrected chi connectivity index (χ0v) is 14.7. The second kappa shape index (κ2) is 6.45. The van der Waals surface area contributed by atoms with Crippen LogP contribution in [0.4, 0.5) is 0 Å². The van der Waals surface area contributed by atoms with Gasteiger partial charge < -0.3 is 0 Å². The lowest BCUT2D eigenvalue weighted by Crippen LogP contribution is -2.26. The largest absolute Gasteiger partial charge is 0.241 e. The highest BCUT2D eigenvalue weighted by Gasteiger charge is 2.16. The quantitative estimate of drug-likeness (QED) is 0.716. The fraction of sp³-hybridized carbons (Fsp3) is 0.133. The van der Waals surface area contributed by atoms with E-state index in [1.165, 1.54) is 0 Å². The van der Waals surface area contributed by atoms with Crippen LogP contribution in [-0.2, 0) is 16.4 Å². The molecule has 7 heteroatoms. The summed E-state index contributed by atoms with van der Waals surface area (Å²) < 4.78 is 28.8. The lowest BCUT2D eigenvalue weighted by atomic mass is 10.3. The lowest BCUT2D eigenvalue weighted by molar-refractivity contribution is 0.581. The van der Waals surface area contributed by atoms with Gasteiger partial charge in [0.15, 0.2) is 0 Å². The maximum Gasteiger partial charge on any atom is 0.241 e. The highest BCUT2D eigenvalue weighted by Crippen LogP contribution is 2.23. The SMILES string of the molecule is O=S(=O)(NCCc1nc2ccccc2s1)c1ccccc1Br. The molecule has 3 aromatic rings. The van der Waals surface area contributed by atoms with Crippen LogP contribution in [0.15, 0.2) is 57.9 Å². The molecule has 0 aliphatic heterocycles. The van der Waals surface area contributed by atoms with Gasteiger partial charge in [-0.25, -0.2) is 18.1 Å². The van der Waals surface area contributed by atoms with E-state index in [1.807, 2.05) is 24.3 Å². The van der Waals surface area contributed by atoms with Gasteiger partial charge in [0, 0.05) is 17.4 Å². The number of halogens is 1. The normalized spacial score (nSPS) is 11.9. The zero-order valence-electron chi connectivity index (χ0n) is 11.5. The van der Waals surface area contributed by atoms with E-state index in [2.05, 4.69) is 25.6 Å². The first kappa shape index (κ1) is 15.6. The molecule has 0 saturated heterocycles. The summed E-state index contributed by atoms with van der Waals surface area (Å²) in [5, 5.41) is 0.927. The first-order chi connectivity index (χ1) is 10.6. The number of fused-ring (bicyclic) bond motifs is 1. The highest BCUT2D eigenvalue weighted by atomic mass is 79.9. The maximum atomic E-state index is 12.3. The summed E-state index contributed by atoms with van der Waals surface area (Å²) in [6.45, 7) is 0.323. The third-order valence-corrected chi connectivity index (χ3v) is 6.66. The Balaban J connectivity index is 1.69. The number of aromatic nitrogens is 1. The van der Waals surface area contributed by atoms with Gasteiger partial charge in [0.2, 0.25) is 10.0 Å². The summed E-state index contributed by atoms with van der Waals surface area (Å²) in [5.41, 5.74) is 0.955. The van der Waals surface area contributed by atoms with Gasteiger partial charge >= 0.3 is 0 Å². The topological polar surface area (TPSA) is 59.1 Å². The molecular weight excluding hydrogens is 384 g/mol. The Kier molecular flexibility index (Phi) is 4.58. The average Bonchev–Trinajstić information content (AvgIpc) is 2.90. The zero-order chi connectivity index (χ0) is 15.6. The summed E-state index contributed by atoms with van der Waals surface area (Å²) in [4.78, 5) is 4.75. The minimum atomic E-state index is -3.51. The van der Waals surface area contributed by atoms with E-state index in [4.69, 9.17) is 0 Å². The van der Waals surface area contributed by atoms with Gasteiger partial charge in [-0.15, -0.1) is 11.3 Å². The van der Waals surface area contributed by atoms with Crippen molar-refractivity contribution < 1.29 is 8.42 Å². The smallest absolute Gasteiger partial charge is 0.241 e. The van der Waals surface area contributed by atoms with Crippen LogP contribution in [0.5, 0.6) is 0 Å². The van der Waals surface area contributed by atoms with Crippen molar-refractivity contribution in [2.24, 2.45) is 0 Å². The van der Waals surface area contributed by atoms with Crippen molar-refractivity contribution >= 4 is 47.5 Å². The van der Waals surface area contributed by atoms with E-state index in [0.717, 1.165) is 15.2 Å². The molecule has 0 saturated carbocycles. The second-order valence-corrected chi connectivity index (χ2v) is 8.36. The standard InChI is InChI=1S/C15H13BrN2O2S2/c16-11-5-1-4-8-14(11)22(19,20)17-10-9-15-18-12-6-2-3-7-13(12)21-15/h1-8,17H,9-10H2. The predicted octanol–water partition coefficient (Wildman–Crippen LogP) is 3.58. The number of nitrogens with zero attached hydrogens (tertiary/aromatic N) is 1. The number of benzene rings is 2. The van der Waals surface area contributed by atoms with Gasteiger partial charge in [-0.3, -0.25) is 0 Å². The third kappa shape index (κ3) is 3.38. The van der Waals surface area contributed by atoms with E-state index in [0.29, 0.717) is 17.4 Å². The van der Waals surface area contributed by atoms with E-state index < -0.39 is 10.0 Å². The molecule has 3 rings (SSSR count). The Bertz CT molecular complexity index is 874. The highest BCUT2D eigenvalue weighted by molar-refractivity contribution is 9.10. The van der Waals surface area contributed by atoms with Crippen molar-refractivity contribution in [3.05, 3.63) is 58.0 Å². The Morgan fingerprint density at radius 3 is 2.59 bits per heavy atom. The molecular formula is C15H13BrN2O2S2. The van der Waals surface area contributed by atoms with E-state index in [9.17, 15) is 8.42 Å². The van der Waals surface area contributed by atoms with Crippen LogP contribution in [0.25, 0.3) is 10.2 Å². The van der Waals surface area contributed by atoms with Crippen LogP contribution < -0.4 is 4.72 Å². The molecule has 0 spiro atoms. The van der Waals surface area contributed by atoms with E-state index in [-0.39, 0.29) is 4.90 Å². The summed E-state index contributed by atoms with van der Waals surface area (Å²) in [6.07, 6.45) is 0.572. The summed E-state index contributed by atoms with van der Waals surface area (Å²) in [5.74, 6) is 0. The summed E-state index contributed by atoms with van der Waals surface area (Å²) in [6, 6.07) is 14.7. The Labute approximate surface area is 141 Å². The van der Waals surface area contributed by atoms with Crippen molar-refractivity contribution in [3.8, 4) is 0 Å². The monoisotopic (exact) mass is 396 g/mol. The molecule has 0 aliphatic rings. The average molecular weight is 397 g/mol. The van der Waals surface area contributed by atoms with Gasteiger partial charge in [-0.1, -0.05) is 24.3 Å². The number of para-hydroxylation sites is 1. The van der Waals surface area contributed by atoms with Crippen molar-refractivity contribution in [1.82, 2.24) is 9.71 Å². The third-order valence-electron chi connectivity index (χ3n) is 3.10. The van der Waals surface area contributed by atoms with Crippen LogP contribution >= 0.6 is 27.3 Å². The van der Waals surface area contributed by atoms with Gasteiger partial charge in [-0.2, -0.15) is 0 Å². The molecule has 0 aliphatic carbocycles. The molecule has 0 atom stereocenters. The van der Waals surface area contributed by atoms with Crippen LogP contribution in [0.3, 0.4) is 0 Å². The van der Waals surface area contributed by atoms with Crippen molar-refractivity contribution in [1.29, 1.82) is 0 Å². The van der Waals surface area contributed by atoms with Crippen LogP contribution in [0.2, 0.25) is 0 Å². The summed E-state index contributed by atoms with van der Waals surface area (Å²) in [7, 11) is -3.51. The Hall–Kier alpha value is -1.28. The first-order valence-corrected chi connectivity index (χ1v) is 9.74. The Morgan fingerprint density at radius 2 is 1.82 bits per heavy atom. The number of nitrogens with one attached hydrogen (secondary N) is 1. The molecule has 114 valence electrons. The Morgan fingerprint density at radius 1 is 1.09 bits per heavy atom. The van der Waals surface area contributed by atoms with Crippen molar-refractivity contribution in [2.75, 3.05) is 6.54 Å². The van der Waals surface area contributed by atoms with Gasteiger partial charge in [0.1, 0.15) is 0 Å². The predicted molar refractivity (Wildman–Crippen MR) is 92.7 cm³/mol. The second-order valence-electron chi connectivity index (χ2n) is 4.65. The molecule has 0 radical (unpaired) electrons. The van der Waals surface area contributed by atoms with Crippen LogP contribution in [0, 0.1) is 0 Å². The number of sulfonamides is 1. The van der Waals surface area contributed by atoms with Crippen molar-refractivity contribution in [3.63, 3.8) is 0 Å². The number of thiazole rings is 1. The van der Waals surface area contributed by atoms with Crippen molar-refractivity contribution in [2.45, 2.75) is 11.3 Å². The maximum absolute atomic E-state index is 12.3. The fourth-order valence-electron chi connectivity index (χ4n) is 2.06. The van der Waals surface area contributed by atoms with E-state index >= 15 is 0 Å².